The Balaban J connectivity index is 1.97. The number of fused-ring (bicyclic) bond motifs is 1. The highest BCUT2D eigenvalue weighted by molar-refractivity contribution is 9.10. The van der Waals surface area contributed by atoms with Crippen molar-refractivity contribution >= 4 is 60.4 Å². The first-order valence-electron chi connectivity index (χ1n) is 10.1. The highest BCUT2D eigenvalue weighted by Gasteiger charge is 2.18. The monoisotopic (exact) mass is 549 g/mol. The van der Waals surface area contributed by atoms with Crippen molar-refractivity contribution in [2.45, 2.75) is 0 Å². The fourth-order valence-corrected chi connectivity index (χ4v) is 3.94. The van der Waals surface area contributed by atoms with Gasteiger partial charge >= 0.3 is 6.09 Å². The second-order valence-corrected chi connectivity index (χ2v) is 9.37. The van der Waals surface area contributed by atoms with E-state index in [-0.39, 0.29) is 0 Å². The van der Waals surface area contributed by atoms with E-state index in [0.29, 0.717) is 5.75 Å². The summed E-state index contributed by atoms with van der Waals surface area (Å²) in [6.07, 6.45) is 1.70. The van der Waals surface area contributed by atoms with Gasteiger partial charge in [0.15, 0.2) is 0 Å². The van der Waals surface area contributed by atoms with E-state index in [2.05, 4.69) is 68.3 Å². The molecule has 32 heavy (non-hydrogen) atoms. The van der Waals surface area contributed by atoms with Crippen LogP contribution in [0.3, 0.4) is 0 Å². The van der Waals surface area contributed by atoms with E-state index >= 15 is 0 Å². The van der Waals surface area contributed by atoms with Crippen molar-refractivity contribution in [2.24, 2.45) is 0 Å². The molecule has 0 radical (unpaired) electrons. The zero-order valence-electron chi connectivity index (χ0n) is 17.7. The summed E-state index contributed by atoms with van der Waals surface area (Å²) in [5.41, 5.74) is 3.88. The molecule has 0 saturated carbocycles. The molecule has 0 aromatic heterocycles. The van der Waals surface area contributed by atoms with Crippen LogP contribution in [0.5, 0.6) is 5.75 Å². The van der Waals surface area contributed by atoms with Crippen LogP contribution < -0.4 is 4.74 Å². The summed E-state index contributed by atoms with van der Waals surface area (Å²) in [4.78, 5) is 14.0. The number of carbonyl (C=O) groups excluding carboxylic acids is 1. The lowest BCUT2D eigenvalue weighted by molar-refractivity contribution is 0.172. The lowest BCUT2D eigenvalue weighted by Gasteiger charge is -2.18. The van der Waals surface area contributed by atoms with Gasteiger partial charge in [-0.2, -0.15) is 0 Å². The van der Waals surface area contributed by atoms with Gasteiger partial charge < -0.3 is 9.64 Å². The Morgan fingerprint density at radius 1 is 0.812 bits per heavy atom. The summed E-state index contributed by atoms with van der Waals surface area (Å²) >= 11 is 7.02. The first kappa shape index (κ1) is 22.3. The molecular weight excluding hydrogens is 530 g/mol. The maximum atomic E-state index is 12.6. The molecular formula is C27H21Br2NO2. The summed E-state index contributed by atoms with van der Waals surface area (Å²) in [6.45, 7) is 0. The van der Waals surface area contributed by atoms with Gasteiger partial charge in [0.05, 0.1) is 0 Å². The number of ether oxygens (including phenoxy) is 1. The molecule has 0 aliphatic rings. The van der Waals surface area contributed by atoms with Crippen LogP contribution in [0, 0.1) is 0 Å². The Morgan fingerprint density at radius 2 is 1.44 bits per heavy atom. The lowest BCUT2D eigenvalue weighted by Crippen LogP contribution is -2.25. The average molecular weight is 551 g/mol. The second-order valence-electron chi connectivity index (χ2n) is 7.54. The third kappa shape index (κ3) is 4.95. The normalized spacial score (nSPS) is 11.4. The fourth-order valence-electron chi connectivity index (χ4n) is 3.42. The van der Waals surface area contributed by atoms with Gasteiger partial charge in [-0.05, 0) is 58.5 Å². The first-order valence-corrected chi connectivity index (χ1v) is 11.7. The largest absolute Gasteiger partial charge is 0.414 e. The Kier molecular flexibility index (Phi) is 6.77. The van der Waals surface area contributed by atoms with Crippen molar-refractivity contribution in [3.63, 3.8) is 0 Å². The van der Waals surface area contributed by atoms with Gasteiger partial charge in [0.25, 0.3) is 0 Å². The molecule has 4 rings (SSSR count). The predicted octanol–water partition coefficient (Wildman–Crippen LogP) is 8.01. The molecule has 1 amide bonds. The number of rotatable bonds is 4. The van der Waals surface area contributed by atoms with Crippen molar-refractivity contribution in [1.29, 1.82) is 0 Å². The van der Waals surface area contributed by atoms with E-state index in [0.717, 1.165) is 42.0 Å². The molecule has 0 saturated heterocycles. The SMILES string of the molecule is CN(C)C(=O)Oc1c(/C(=C/c2ccc(Br)cc2)c2ccc(Br)cc2)ccc2ccccc12. The maximum Gasteiger partial charge on any atom is 0.414 e. The maximum absolute atomic E-state index is 12.6. The summed E-state index contributed by atoms with van der Waals surface area (Å²) in [5.74, 6) is 0.549. The molecule has 3 nitrogen and oxygen atoms in total. The van der Waals surface area contributed by atoms with Crippen LogP contribution in [-0.2, 0) is 0 Å². The highest BCUT2D eigenvalue weighted by atomic mass is 79.9. The van der Waals surface area contributed by atoms with Crippen LogP contribution in [-0.4, -0.2) is 25.1 Å². The van der Waals surface area contributed by atoms with E-state index < -0.39 is 6.09 Å². The van der Waals surface area contributed by atoms with Gasteiger partial charge in [-0.25, -0.2) is 4.79 Å². The van der Waals surface area contributed by atoms with Crippen molar-refractivity contribution in [3.8, 4) is 5.75 Å². The number of halogens is 2. The molecule has 4 aromatic carbocycles. The smallest absolute Gasteiger partial charge is 0.409 e. The van der Waals surface area contributed by atoms with E-state index in [1.165, 1.54) is 4.90 Å². The summed E-state index contributed by atoms with van der Waals surface area (Å²) in [6, 6.07) is 28.3. The third-order valence-corrected chi connectivity index (χ3v) is 6.12. The standard InChI is InChI=1S/C27H21Br2NO2/c1-30(2)27(31)32-26-23-6-4-3-5-19(23)11-16-24(26)25(20-9-14-22(29)15-10-20)17-18-7-12-21(28)13-8-18/h3-17H,1-2H3/b25-17+. The minimum atomic E-state index is -0.415. The van der Waals surface area contributed by atoms with Crippen molar-refractivity contribution in [1.82, 2.24) is 4.90 Å². The zero-order chi connectivity index (χ0) is 22.7. The van der Waals surface area contributed by atoms with Crippen molar-refractivity contribution < 1.29 is 9.53 Å². The fraction of sp³-hybridized carbons (Fsp3) is 0.0741. The molecule has 0 heterocycles. The number of amides is 1. The van der Waals surface area contributed by atoms with Gasteiger partial charge in [0, 0.05) is 34.0 Å². The first-order chi connectivity index (χ1) is 15.4. The second kappa shape index (κ2) is 9.72. The Bertz CT molecular complexity index is 1290. The minimum Gasteiger partial charge on any atom is -0.409 e. The molecule has 0 spiro atoms. The van der Waals surface area contributed by atoms with Gasteiger partial charge in [-0.15, -0.1) is 0 Å². The van der Waals surface area contributed by atoms with Crippen LogP contribution in [0.4, 0.5) is 4.79 Å². The molecule has 0 N–H and O–H groups in total. The van der Waals surface area contributed by atoms with E-state index in [1.807, 2.05) is 54.6 Å². The number of carbonyl (C=O) groups is 1. The van der Waals surface area contributed by atoms with Gasteiger partial charge in [-0.3, -0.25) is 0 Å². The van der Waals surface area contributed by atoms with E-state index in [4.69, 9.17) is 4.74 Å². The Hall–Kier alpha value is -2.89. The van der Waals surface area contributed by atoms with Gasteiger partial charge in [0.1, 0.15) is 5.75 Å². The molecule has 5 heteroatoms. The minimum absolute atomic E-state index is 0.415. The van der Waals surface area contributed by atoms with Crippen molar-refractivity contribution in [3.05, 3.63) is 111 Å². The predicted molar refractivity (Wildman–Crippen MR) is 139 cm³/mol. The third-order valence-electron chi connectivity index (χ3n) is 5.06. The van der Waals surface area contributed by atoms with Gasteiger partial charge in [-0.1, -0.05) is 86.5 Å². The van der Waals surface area contributed by atoms with Crippen LogP contribution in [0.1, 0.15) is 16.7 Å². The quantitative estimate of drug-likeness (QED) is 0.241. The molecule has 4 aromatic rings. The Morgan fingerprint density at radius 3 is 2.09 bits per heavy atom. The topological polar surface area (TPSA) is 29.5 Å². The molecule has 0 atom stereocenters. The number of benzene rings is 4. The average Bonchev–Trinajstić information content (AvgIpc) is 2.80. The summed E-state index contributed by atoms with van der Waals surface area (Å²) < 4.78 is 7.95. The number of hydrogen-bond donors (Lipinski definition) is 0. The molecule has 160 valence electrons. The summed E-state index contributed by atoms with van der Waals surface area (Å²) in [5, 5.41) is 1.90. The van der Waals surface area contributed by atoms with E-state index in [1.54, 1.807) is 14.1 Å². The van der Waals surface area contributed by atoms with Gasteiger partial charge in [0.2, 0.25) is 0 Å². The van der Waals surface area contributed by atoms with Crippen LogP contribution in [0.2, 0.25) is 0 Å². The van der Waals surface area contributed by atoms with E-state index in [9.17, 15) is 4.79 Å². The van der Waals surface area contributed by atoms with Crippen molar-refractivity contribution in [2.75, 3.05) is 14.1 Å². The van der Waals surface area contributed by atoms with Crippen LogP contribution in [0.25, 0.3) is 22.4 Å². The lowest BCUT2D eigenvalue weighted by atomic mass is 9.92. The molecule has 0 aliphatic heterocycles. The Labute approximate surface area is 204 Å². The zero-order valence-corrected chi connectivity index (χ0v) is 20.9. The summed E-state index contributed by atoms with van der Waals surface area (Å²) in [7, 11) is 3.36. The number of hydrogen-bond acceptors (Lipinski definition) is 2. The number of nitrogens with zero attached hydrogens (tertiary/aromatic N) is 1. The molecule has 0 aliphatic carbocycles. The molecule has 0 unspecified atom stereocenters. The molecule has 0 fully saturated rings. The molecule has 0 bridgehead atoms. The van der Waals surface area contributed by atoms with Crippen LogP contribution in [0.15, 0.2) is 93.9 Å². The highest BCUT2D eigenvalue weighted by Crippen LogP contribution is 2.38. The van der Waals surface area contributed by atoms with Crippen LogP contribution >= 0.6 is 31.9 Å².